The molecule has 0 radical (unpaired) electrons. The zero-order valence-electron chi connectivity index (χ0n) is 15.6. The van der Waals surface area contributed by atoms with Crippen LogP contribution in [-0.4, -0.2) is 62.6 Å². The first-order valence-electron chi connectivity index (χ1n) is 9.23. The minimum absolute atomic E-state index is 0.0931. The summed E-state index contributed by atoms with van der Waals surface area (Å²) in [7, 11) is 0. The fraction of sp³-hybridized carbons (Fsp3) is 0.444. The Labute approximate surface area is 171 Å². The number of carbonyl (C=O) groups is 1. The second-order valence-corrected chi connectivity index (χ2v) is 8.33. The van der Waals surface area contributed by atoms with E-state index in [1.807, 2.05) is 24.3 Å². The lowest BCUT2D eigenvalue weighted by molar-refractivity contribution is -0.113. The monoisotopic (exact) mass is 418 g/mol. The van der Waals surface area contributed by atoms with E-state index in [4.69, 9.17) is 4.74 Å². The zero-order chi connectivity index (χ0) is 19.3. The number of fused-ring (bicyclic) bond motifs is 1. The molecule has 0 spiro atoms. The van der Waals surface area contributed by atoms with Crippen molar-refractivity contribution < 1.29 is 9.53 Å². The van der Waals surface area contributed by atoms with Crippen LogP contribution in [-0.2, 0) is 22.6 Å². The Bertz CT molecular complexity index is 918. The van der Waals surface area contributed by atoms with E-state index < -0.39 is 0 Å². The van der Waals surface area contributed by atoms with Crippen molar-refractivity contribution in [1.82, 2.24) is 24.6 Å². The third-order valence-electron chi connectivity index (χ3n) is 4.45. The Hall–Kier alpha value is -2.01. The van der Waals surface area contributed by atoms with Gasteiger partial charge in [0.1, 0.15) is 5.82 Å². The van der Waals surface area contributed by atoms with Gasteiger partial charge in [0, 0.05) is 19.6 Å². The van der Waals surface area contributed by atoms with Crippen molar-refractivity contribution >= 4 is 44.4 Å². The van der Waals surface area contributed by atoms with Crippen LogP contribution < -0.4 is 5.32 Å². The Morgan fingerprint density at radius 1 is 1.29 bits per heavy atom. The lowest BCUT2D eigenvalue weighted by Gasteiger charge is -2.26. The highest BCUT2D eigenvalue weighted by Crippen LogP contribution is 2.26. The van der Waals surface area contributed by atoms with Crippen LogP contribution in [0, 0.1) is 0 Å². The molecule has 1 aliphatic heterocycles. The molecule has 1 fully saturated rings. The molecule has 148 valence electrons. The van der Waals surface area contributed by atoms with Crippen molar-refractivity contribution in [1.29, 1.82) is 0 Å². The topological polar surface area (TPSA) is 85.2 Å². The van der Waals surface area contributed by atoms with Crippen LogP contribution in [0.15, 0.2) is 29.4 Å². The normalized spacial score (nSPS) is 15.2. The highest BCUT2D eigenvalue weighted by molar-refractivity contribution is 7.99. The summed E-state index contributed by atoms with van der Waals surface area (Å²) in [6.07, 6.45) is 0. The lowest BCUT2D eigenvalue weighted by Crippen LogP contribution is -2.36. The minimum atomic E-state index is -0.0931. The van der Waals surface area contributed by atoms with Gasteiger partial charge in [-0.1, -0.05) is 35.2 Å². The Morgan fingerprint density at radius 3 is 2.89 bits per heavy atom. The summed E-state index contributed by atoms with van der Waals surface area (Å²) < 4.78 is 8.53. The number of ether oxygens (including phenoxy) is 1. The van der Waals surface area contributed by atoms with Gasteiger partial charge in [-0.3, -0.25) is 9.69 Å². The highest BCUT2D eigenvalue weighted by Gasteiger charge is 2.18. The number of thioether (sulfide) groups is 1. The number of benzene rings is 1. The number of aromatic nitrogens is 4. The first-order chi connectivity index (χ1) is 13.7. The molecular formula is C18H22N6O2S2. The third kappa shape index (κ3) is 4.52. The second-order valence-electron chi connectivity index (χ2n) is 6.36. The Balaban J connectivity index is 1.35. The van der Waals surface area contributed by atoms with Crippen LogP contribution in [0.2, 0.25) is 0 Å². The Morgan fingerprint density at radius 2 is 2.11 bits per heavy atom. The van der Waals surface area contributed by atoms with Gasteiger partial charge in [0.25, 0.3) is 0 Å². The zero-order valence-corrected chi connectivity index (χ0v) is 17.3. The van der Waals surface area contributed by atoms with Gasteiger partial charge in [-0.15, -0.1) is 10.2 Å². The van der Waals surface area contributed by atoms with Gasteiger partial charge in [-0.2, -0.15) is 0 Å². The maximum absolute atomic E-state index is 12.3. The number of carbonyl (C=O) groups excluding carboxylic acids is 1. The van der Waals surface area contributed by atoms with Crippen LogP contribution in [0.4, 0.5) is 5.13 Å². The van der Waals surface area contributed by atoms with E-state index in [1.165, 1.54) is 23.1 Å². The van der Waals surface area contributed by atoms with Crippen molar-refractivity contribution in [2.45, 2.75) is 25.2 Å². The van der Waals surface area contributed by atoms with E-state index in [0.29, 0.717) is 5.13 Å². The fourth-order valence-electron chi connectivity index (χ4n) is 3.03. The molecule has 8 nitrogen and oxygen atoms in total. The van der Waals surface area contributed by atoms with E-state index in [9.17, 15) is 4.79 Å². The molecule has 1 aliphatic rings. The highest BCUT2D eigenvalue weighted by atomic mass is 32.2. The molecule has 0 unspecified atom stereocenters. The predicted molar refractivity (Wildman–Crippen MR) is 111 cm³/mol. The summed E-state index contributed by atoms with van der Waals surface area (Å²) in [5, 5.41) is 12.9. The maximum atomic E-state index is 12.3. The predicted octanol–water partition coefficient (Wildman–Crippen LogP) is 2.47. The average Bonchev–Trinajstić information content (AvgIpc) is 3.29. The number of rotatable bonds is 7. The molecular weight excluding hydrogens is 396 g/mol. The molecule has 0 bridgehead atoms. The molecule has 3 aromatic rings. The largest absolute Gasteiger partial charge is 0.379 e. The number of hydrogen-bond donors (Lipinski definition) is 1. The van der Waals surface area contributed by atoms with Crippen LogP contribution in [0.25, 0.3) is 10.2 Å². The van der Waals surface area contributed by atoms with Crippen molar-refractivity contribution in [3.8, 4) is 0 Å². The fourth-order valence-corrected chi connectivity index (χ4v) is 4.73. The van der Waals surface area contributed by atoms with Crippen molar-refractivity contribution in [3.63, 3.8) is 0 Å². The van der Waals surface area contributed by atoms with Gasteiger partial charge < -0.3 is 14.6 Å². The second kappa shape index (κ2) is 8.99. The van der Waals surface area contributed by atoms with Gasteiger partial charge in [-0.25, -0.2) is 4.98 Å². The number of hydrogen-bond acceptors (Lipinski definition) is 8. The molecule has 2 aromatic heterocycles. The number of morpholine rings is 1. The first kappa shape index (κ1) is 19.3. The smallest absolute Gasteiger partial charge is 0.236 e. The van der Waals surface area contributed by atoms with E-state index in [-0.39, 0.29) is 11.7 Å². The number of para-hydroxylation sites is 1. The SMILES string of the molecule is CCn1c(CN2CCOCC2)nnc1SCC(=O)Nc1nc2ccccc2s1. The molecule has 0 aliphatic carbocycles. The quantitative estimate of drug-likeness (QED) is 0.590. The van der Waals surface area contributed by atoms with E-state index >= 15 is 0 Å². The minimum Gasteiger partial charge on any atom is -0.379 e. The average molecular weight is 419 g/mol. The molecule has 0 atom stereocenters. The van der Waals surface area contributed by atoms with Crippen LogP contribution in [0.5, 0.6) is 0 Å². The van der Waals surface area contributed by atoms with E-state index in [1.54, 1.807) is 0 Å². The van der Waals surface area contributed by atoms with Crippen molar-refractivity contribution in [3.05, 3.63) is 30.1 Å². The van der Waals surface area contributed by atoms with Gasteiger partial charge in [0.05, 0.1) is 35.7 Å². The molecule has 28 heavy (non-hydrogen) atoms. The van der Waals surface area contributed by atoms with Gasteiger partial charge in [-0.05, 0) is 19.1 Å². The van der Waals surface area contributed by atoms with E-state index in [0.717, 1.165) is 60.6 Å². The van der Waals surface area contributed by atoms with Crippen LogP contribution in [0.1, 0.15) is 12.7 Å². The van der Waals surface area contributed by atoms with Gasteiger partial charge in [0.2, 0.25) is 5.91 Å². The summed E-state index contributed by atoms with van der Waals surface area (Å²) >= 11 is 2.88. The summed E-state index contributed by atoms with van der Waals surface area (Å²) in [5.41, 5.74) is 0.897. The summed E-state index contributed by atoms with van der Waals surface area (Å²) in [6.45, 7) is 6.92. The Kier molecular flexibility index (Phi) is 6.20. The number of nitrogens with zero attached hydrogens (tertiary/aromatic N) is 5. The molecule has 1 saturated heterocycles. The molecule has 1 amide bonds. The third-order valence-corrected chi connectivity index (χ3v) is 6.37. The summed E-state index contributed by atoms with van der Waals surface area (Å²) in [4.78, 5) is 19.1. The first-order valence-corrected chi connectivity index (χ1v) is 11.0. The van der Waals surface area contributed by atoms with Crippen molar-refractivity contribution in [2.24, 2.45) is 0 Å². The molecule has 0 saturated carbocycles. The molecule has 1 aromatic carbocycles. The lowest BCUT2D eigenvalue weighted by atomic mass is 10.3. The van der Waals surface area contributed by atoms with Gasteiger partial charge >= 0.3 is 0 Å². The van der Waals surface area contributed by atoms with Crippen LogP contribution >= 0.6 is 23.1 Å². The maximum Gasteiger partial charge on any atom is 0.236 e. The number of amides is 1. The molecule has 4 rings (SSSR count). The van der Waals surface area contributed by atoms with Crippen LogP contribution in [0.3, 0.4) is 0 Å². The summed E-state index contributed by atoms with van der Waals surface area (Å²) in [6, 6.07) is 7.84. The molecule has 3 heterocycles. The van der Waals surface area contributed by atoms with E-state index in [2.05, 4.69) is 36.9 Å². The number of anilines is 1. The van der Waals surface area contributed by atoms with Crippen molar-refractivity contribution in [2.75, 3.05) is 37.4 Å². The van der Waals surface area contributed by atoms with Gasteiger partial charge in [0.15, 0.2) is 10.3 Å². The number of nitrogens with one attached hydrogen (secondary N) is 1. The molecule has 1 N–H and O–H groups in total. The summed E-state index contributed by atoms with van der Waals surface area (Å²) in [5.74, 6) is 1.11. The number of thiazole rings is 1. The molecule has 10 heteroatoms. The standard InChI is InChI=1S/C18H22N6O2S2/c1-2-24-15(11-23-7-9-26-10-8-23)21-22-18(24)27-12-16(25)20-17-19-13-5-3-4-6-14(13)28-17/h3-6H,2,7-12H2,1H3,(H,19,20,25).